The first-order chi connectivity index (χ1) is 12.7. The van der Waals surface area contributed by atoms with Crippen LogP contribution >= 0.6 is 12.6 Å². The lowest BCUT2D eigenvalue weighted by molar-refractivity contribution is 0.386. The highest BCUT2D eigenvalue weighted by Gasteiger charge is 2.27. The highest BCUT2D eigenvalue weighted by Crippen LogP contribution is 2.30. The number of imidazole rings is 1. The molecule has 0 spiro atoms. The normalized spacial score (nSPS) is 15.1. The first kappa shape index (κ1) is 17.0. The largest absolute Gasteiger partial charge is 0.493 e. The van der Waals surface area contributed by atoms with Gasteiger partial charge in [-0.2, -0.15) is 12.6 Å². The smallest absolute Gasteiger partial charge is 0.331 e. The van der Waals surface area contributed by atoms with Crippen LogP contribution in [0.2, 0.25) is 0 Å². The van der Waals surface area contributed by atoms with Crippen LogP contribution in [0.1, 0.15) is 28.8 Å². The maximum Gasteiger partial charge on any atom is 0.331 e. The van der Waals surface area contributed by atoms with Crippen molar-refractivity contribution in [3.05, 3.63) is 88.0 Å². The molecule has 134 valence electrons. The number of aromatic nitrogens is 2. The Hall–Kier alpha value is -2.40. The fourth-order valence-electron chi connectivity index (χ4n) is 3.93. The van der Waals surface area contributed by atoms with Crippen molar-refractivity contribution in [3.8, 4) is 5.88 Å². The Kier molecular flexibility index (Phi) is 4.64. The van der Waals surface area contributed by atoms with E-state index in [1.165, 1.54) is 15.7 Å². The lowest BCUT2D eigenvalue weighted by Crippen LogP contribution is -2.31. The van der Waals surface area contributed by atoms with Gasteiger partial charge in [0.05, 0.1) is 12.2 Å². The van der Waals surface area contributed by atoms with Gasteiger partial charge in [0.1, 0.15) is 0 Å². The quantitative estimate of drug-likeness (QED) is 0.680. The average Bonchev–Trinajstić information content (AvgIpc) is 3.21. The first-order valence-electron chi connectivity index (χ1n) is 8.91. The van der Waals surface area contributed by atoms with E-state index in [4.69, 9.17) is 0 Å². The molecule has 1 N–H and O–H groups in total. The van der Waals surface area contributed by atoms with Gasteiger partial charge in [0.15, 0.2) is 0 Å². The zero-order chi connectivity index (χ0) is 18.1. The lowest BCUT2D eigenvalue weighted by Gasteiger charge is -2.17. The second kappa shape index (κ2) is 7.08. The Balaban J connectivity index is 1.63. The van der Waals surface area contributed by atoms with Gasteiger partial charge < -0.3 is 5.11 Å². The van der Waals surface area contributed by atoms with Gasteiger partial charge in [-0.1, -0.05) is 54.6 Å². The summed E-state index contributed by atoms with van der Waals surface area (Å²) in [6.07, 6.45) is 3.89. The summed E-state index contributed by atoms with van der Waals surface area (Å²) in [6, 6.07) is 18.2. The molecule has 0 saturated heterocycles. The predicted molar refractivity (Wildman–Crippen MR) is 106 cm³/mol. The molecule has 0 amide bonds. The Bertz CT molecular complexity index is 937. The monoisotopic (exact) mass is 366 g/mol. The molecular weight excluding hydrogens is 344 g/mol. The van der Waals surface area contributed by atoms with E-state index in [9.17, 15) is 9.90 Å². The van der Waals surface area contributed by atoms with E-state index in [0.717, 1.165) is 18.4 Å². The fourth-order valence-corrected chi connectivity index (χ4v) is 4.22. The van der Waals surface area contributed by atoms with Crippen molar-refractivity contribution in [2.75, 3.05) is 5.75 Å². The fraction of sp³-hybridized carbons (Fsp3) is 0.286. The molecule has 0 radical (unpaired) electrons. The Labute approximate surface area is 158 Å². The van der Waals surface area contributed by atoms with Gasteiger partial charge in [0.2, 0.25) is 5.88 Å². The Morgan fingerprint density at radius 1 is 1.04 bits per heavy atom. The molecule has 0 saturated carbocycles. The third-order valence-electron chi connectivity index (χ3n) is 5.24. The number of rotatable bonds is 5. The zero-order valence-electron chi connectivity index (χ0n) is 14.5. The molecule has 1 aromatic heterocycles. The molecule has 0 bridgehead atoms. The van der Waals surface area contributed by atoms with Crippen molar-refractivity contribution in [2.45, 2.75) is 31.3 Å². The van der Waals surface area contributed by atoms with Crippen molar-refractivity contribution in [3.63, 3.8) is 0 Å². The van der Waals surface area contributed by atoms with E-state index in [0.29, 0.717) is 12.2 Å². The van der Waals surface area contributed by atoms with Crippen LogP contribution in [0.4, 0.5) is 0 Å². The number of fused-ring (bicyclic) bond motifs is 1. The number of benzene rings is 2. The number of thiol groups is 1. The third-order valence-corrected chi connectivity index (χ3v) is 5.66. The van der Waals surface area contributed by atoms with Gasteiger partial charge in [-0.25, -0.2) is 4.79 Å². The molecule has 0 fully saturated rings. The Morgan fingerprint density at radius 2 is 1.65 bits per heavy atom. The average molecular weight is 366 g/mol. The van der Waals surface area contributed by atoms with Crippen LogP contribution < -0.4 is 5.69 Å². The minimum atomic E-state index is -0.182. The van der Waals surface area contributed by atoms with Gasteiger partial charge in [0.25, 0.3) is 0 Å². The van der Waals surface area contributed by atoms with E-state index >= 15 is 0 Å². The van der Waals surface area contributed by atoms with Crippen LogP contribution in [-0.2, 0) is 19.3 Å². The minimum absolute atomic E-state index is 0.0148. The van der Waals surface area contributed by atoms with Crippen LogP contribution in [-0.4, -0.2) is 20.0 Å². The van der Waals surface area contributed by atoms with Crippen LogP contribution in [0.3, 0.4) is 0 Å². The standard InChI is InChI=1S/C21H22N2O2S/c24-20-13-22(18-11-16-8-4-5-9-17(16)12-18)21(25)23(20)19(14-26)10-15-6-2-1-3-7-15/h1-9,13,18-19,24,26H,10-12,14H2. The summed E-state index contributed by atoms with van der Waals surface area (Å²) in [6.45, 7) is 0. The van der Waals surface area contributed by atoms with Crippen LogP contribution in [0.5, 0.6) is 5.88 Å². The molecule has 1 unspecified atom stereocenters. The predicted octanol–water partition coefficient (Wildman–Crippen LogP) is 3.41. The third kappa shape index (κ3) is 3.07. The molecule has 1 aliphatic carbocycles. The number of aromatic hydroxyl groups is 1. The van der Waals surface area contributed by atoms with Crippen molar-refractivity contribution >= 4 is 12.6 Å². The molecule has 5 heteroatoms. The number of nitrogens with zero attached hydrogens (tertiary/aromatic N) is 2. The van der Waals surface area contributed by atoms with Gasteiger partial charge in [0, 0.05) is 11.8 Å². The summed E-state index contributed by atoms with van der Waals surface area (Å²) in [7, 11) is 0. The summed E-state index contributed by atoms with van der Waals surface area (Å²) in [5.41, 5.74) is 3.53. The minimum Gasteiger partial charge on any atom is -0.493 e. The highest BCUT2D eigenvalue weighted by molar-refractivity contribution is 7.80. The first-order valence-corrected chi connectivity index (χ1v) is 9.54. The molecule has 1 atom stereocenters. The molecule has 1 aliphatic rings. The molecule has 0 aliphatic heterocycles. The SMILES string of the molecule is O=c1n(C2Cc3ccccc3C2)cc(O)n1C(CS)Cc1ccccc1. The molecule has 3 aromatic rings. The molecule has 26 heavy (non-hydrogen) atoms. The molecular formula is C21H22N2O2S. The van der Waals surface area contributed by atoms with Gasteiger partial charge >= 0.3 is 5.69 Å². The van der Waals surface area contributed by atoms with Crippen LogP contribution in [0.15, 0.2) is 65.6 Å². The van der Waals surface area contributed by atoms with Gasteiger partial charge in [-0.3, -0.25) is 9.13 Å². The topological polar surface area (TPSA) is 47.2 Å². The van der Waals surface area contributed by atoms with E-state index in [1.807, 2.05) is 42.5 Å². The van der Waals surface area contributed by atoms with Crippen molar-refractivity contribution in [1.82, 2.24) is 9.13 Å². The van der Waals surface area contributed by atoms with Crippen molar-refractivity contribution in [1.29, 1.82) is 0 Å². The maximum absolute atomic E-state index is 13.1. The maximum atomic E-state index is 13.1. The molecule has 1 heterocycles. The summed E-state index contributed by atoms with van der Waals surface area (Å²) >= 11 is 4.43. The Morgan fingerprint density at radius 3 is 2.27 bits per heavy atom. The lowest BCUT2D eigenvalue weighted by atomic mass is 10.1. The van der Waals surface area contributed by atoms with Gasteiger partial charge in [-0.05, 0) is 36.0 Å². The molecule has 4 rings (SSSR count). The van der Waals surface area contributed by atoms with Gasteiger partial charge in [-0.15, -0.1) is 0 Å². The number of hydrogen-bond donors (Lipinski definition) is 2. The van der Waals surface area contributed by atoms with Crippen LogP contribution in [0.25, 0.3) is 0 Å². The molecule has 4 nitrogen and oxygen atoms in total. The number of hydrogen-bond acceptors (Lipinski definition) is 3. The van der Waals surface area contributed by atoms with E-state index in [-0.39, 0.29) is 23.7 Å². The van der Waals surface area contributed by atoms with Crippen molar-refractivity contribution < 1.29 is 5.11 Å². The summed E-state index contributed by atoms with van der Waals surface area (Å²) < 4.78 is 3.18. The van der Waals surface area contributed by atoms with E-state index in [1.54, 1.807) is 10.8 Å². The van der Waals surface area contributed by atoms with Crippen molar-refractivity contribution in [2.24, 2.45) is 0 Å². The highest BCUT2D eigenvalue weighted by atomic mass is 32.1. The second-order valence-electron chi connectivity index (χ2n) is 6.90. The second-order valence-corrected chi connectivity index (χ2v) is 7.27. The summed E-state index contributed by atoms with van der Waals surface area (Å²) in [5.74, 6) is 0.498. The molecule has 2 aromatic carbocycles. The van der Waals surface area contributed by atoms with E-state index in [2.05, 4.69) is 24.8 Å². The summed E-state index contributed by atoms with van der Waals surface area (Å²) in [4.78, 5) is 13.1. The van der Waals surface area contributed by atoms with E-state index < -0.39 is 0 Å². The zero-order valence-corrected chi connectivity index (χ0v) is 15.3. The summed E-state index contributed by atoms with van der Waals surface area (Å²) in [5, 5.41) is 10.5. The van der Waals surface area contributed by atoms with Crippen LogP contribution in [0, 0.1) is 0 Å².